The molecule has 0 aromatic heterocycles. The maximum Gasteiger partial charge on any atom is 0.263 e. The van der Waals surface area contributed by atoms with Crippen LogP contribution in [0.15, 0.2) is 71.6 Å². The summed E-state index contributed by atoms with van der Waals surface area (Å²) in [5.41, 5.74) is 2.02. The number of carbonyl (C=O) groups excluding carboxylic acids is 1. The van der Waals surface area contributed by atoms with Gasteiger partial charge < -0.3 is 5.32 Å². The highest BCUT2D eigenvalue weighted by atomic mass is 35.5. The Morgan fingerprint density at radius 2 is 1.57 bits per heavy atom. The SMILES string of the molecule is Cc1ccc(C(=O)Nc2ccc(Cl)c(S(=O)(=O)Nc3ccccc3Cl)c2)cc1. The lowest BCUT2D eigenvalue weighted by molar-refractivity contribution is 0.102. The lowest BCUT2D eigenvalue weighted by atomic mass is 10.1. The Labute approximate surface area is 173 Å². The van der Waals surface area contributed by atoms with Crippen LogP contribution in [-0.2, 0) is 10.0 Å². The molecule has 0 unspecified atom stereocenters. The summed E-state index contributed by atoms with van der Waals surface area (Å²) >= 11 is 12.1. The Bertz CT molecular complexity index is 1130. The van der Waals surface area contributed by atoms with Crippen molar-refractivity contribution in [1.82, 2.24) is 0 Å². The minimum atomic E-state index is -4.01. The van der Waals surface area contributed by atoms with Crippen LogP contribution in [0.3, 0.4) is 0 Å². The van der Waals surface area contributed by atoms with Crippen molar-refractivity contribution in [3.63, 3.8) is 0 Å². The molecule has 0 bridgehead atoms. The van der Waals surface area contributed by atoms with Gasteiger partial charge in [-0.3, -0.25) is 9.52 Å². The van der Waals surface area contributed by atoms with Crippen LogP contribution in [0.1, 0.15) is 15.9 Å². The Morgan fingerprint density at radius 1 is 0.893 bits per heavy atom. The molecule has 0 aliphatic rings. The van der Waals surface area contributed by atoms with Crippen LogP contribution in [0.5, 0.6) is 0 Å². The summed E-state index contributed by atoms with van der Waals surface area (Å²) in [7, 11) is -4.01. The van der Waals surface area contributed by atoms with Gasteiger partial charge in [0.2, 0.25) is 0 Å². The number of aryl methyl sites for hydroxylation is 1. The Kier molecular flexibility index (Phi) is 5.93. The quantitative estimate of drug-likeness (QED) is 0.567. The third-order valence-electron chi connectivity index (χ3n) is 3.91. The van der Waals surface area contributed by atoms with Gasteiger partial charge in [-0.25, -0.2) is 8.42 Å². The minimum absolute atomic E-state index is 0.0212. The smallest absolute Gasteiger partial charge is 0.263 e. The number of nitrogens with one attached hydrogen (secondary N) is 2. The average molecular weight is 435 g/mol. The first-order valence-corrected chi connectivity index (χ1v) is 10.4. The highest BCUT2D eigenvalue weighted by Gasteiger charge is 2.20. The molecule has 2 N–H and O–H groups in total. The van der Waals surface area contributed by atoms with Gasteiger partial charge in [0, 0.05) is 11.3 Å². The molecule has 3 rings (SSSR count). The van der Waals surface area contributed by atoms with Gasteiger partial charge in [0.05, 0.1) is 15.7 Å². The number of anilines is 2. The van der Waals surface area contributed by atoms with Crippen LogP contribution in [0.4, 0.5) is 11.4 Å². The van der Waals surface area contributed by atoms with E-state index >= 15 is 0 Å². The molecule has 3 aromatic carbocycles. The van der Waals surface area contributed by atoms with E-state index in [1.807, 2.05) is 19.1 Å². The number of hydrogen-bond donors (Lipinski definition) is 2. The van der Waals surface area contributed by atoms with Crippen LogP contribution >= 0.6 is 23.2 Å². The molecule has 144 valence electrons. The Morgan fingerprint density at radius 3 is 2.25 bits per heavy atom. The summed E-state index contributed by atoms with van der Waals surface area (Å²) in [6.07, 6.45) is 0. The van der Waals surface area contributed by atoms with E-state index < -0.39 is 10.0 Å². The van der Waals surface area contributed by atoms with E-state index in [0.717, 1.165) is 5.56 Å². The number of para-hydroxylation sites is 1. The Balaban J connectivity index is 1.87. The zero-order valence-electron chi connectivity index (χ0n) is 14.7. The number of carbonyl (C=O) groups is 1. The van der Waals surface area contributed by atoms with Gasteiger partial charge in [-0.1, -0.05) is 53.0 Å². The molecule has 5 nitrogen and oxygen atoms in total. The highest BCUT2D eigenvalue weighted by molar-refractivity contribution is 7.92. The average Bonchev–Trinajstić information content (AvgIpc) is 2.65. The van der Waals surface area contributed by atoms with Gasteiger partial charge in [-0.15, -0.1) is 0 Å². The molecule has 0 aliphatic carbocycles. The summed E-state index contributed by atoms with van der Waals surface area (Å²) < 4.78 is 27.9. The normalized spacial score (nSPS) is 11.1. The van der Waals surface area contributed by atoms with Crippen LogP contribution in [0.25, 0.3) is 0 Å². The topological polar surface area (TPSA) is 75.3 Å². The predicted molar refractivity (Wildman–Crippen MR) is 113 cm³/mol. The summed E-state index contributed by atoms with van der Waals surface area (Å²) in [5, 5.41) is 2.95. The van der Waals surface area contributed by atoms with E-state index in [1.165, 1.54) is 24.3 Å². The fourth-order valence-electron chi connectivity index (χ4n) is 2.44. The molecule has 1 amide bonds. The first-order chi connectivity index (χ1) is 13.3. The molecule has 0 heterocycles. The molecule has 28 heavy (non-hydrogen) atoms. The van der Waals surface area contributed by atoms with Crippen molar-refractivity contribution < 1.29 is 13.2 Å². The maximum absolute atomic E-state index is 12.8. The lowest BCUT2D eigenvalue weighted by Crippen LogP contribution is -2.16. The first-order valence-electron chi connectivity index (χ1n) is 8.21. The fourth-order valence-corrected chi connectivity index (χ4v) is 4.28. The Hall–Kier alpha value is -2.54. The van der Waals surface area contributed by atoms with Crippen LogP contribution < -0.4 is 10.0 Å². The number of hydrogen-bond acceptors (Lipinski definition) is 3. The predicted octanol–water partition coefficient (Wildman–Crippen LogP) is 5.35. The monoisotopic (exact) mass is 434 g/mol. The fraction of sp³-hybridized carbons (Fsp3) is 0.0500. The van der Waals surface area contributed by atoms with E-state index in [-0.39, 0.29) is 26.5 Å². The van der Waals surface area contributed by atoms with E-state index in [4.69, 9.17) is 23.2 Å². The summed E-state index contributed by atoms with van der Waals surface area (Å²) in [4.78, 5) is 12.2. The summed E-state index contributed by atoms with van der Waals surface area (Å²) in [5.74, 6) is -0.357. The van der Waals surface area contributed by atoms with Crippen molar-refractivity contribution in [3.8, 4) is 0 Å². The van der Waals surface area contributed by atoms with Crippen LogP contribution in [-0.4, -0.2) is 14.3 Å². The van der Waals surface area contributed by atoms with Gasteiger partial charge in [0.1, 0.15) is 4.90 Å². The molecule has 8 heteroatoms. The van der Waals surface area contributed by atoms with Crippen molar-refractivity contribution in [2.24, 2.45) is 0 Å². The summed E-state index contributed by atoms with van der Waals surface area (Å²) in [6.45, 7) is 1.92. The molecule has 0 spiro atoms. The third kappa shape index (κ3) is 4.65. The van der Waals surface area contributed by atoms with Crippen molar-refractivity contribution >= 4 is 50.5 Å². The third-order valence-corrected chi connectivity index (χ3v) is 6.09. The second-order valence-corrected chi connectivity index (χ2v) is 8.52. The molecule has 0 fully saturated rings. The van der Waals surface area contributed by atoms with Gasteiger partial charge in [0.25, 0.3) is 15.9 Å². The van der Waals surface area contributed by atoms with E-state index in [1.54, 1.807) is 30.3 Å². The van der Waals surface area contributed by atoms with Crippen LogP contribution in [0, 0.1) is 6.92 Å². The second kappa shape index (κ2) is 8.22. The van der Waals surface area contributed by atoms with Crippen molar-refractivity contribution in [1.29, 1.82) is 0 Å². The van der Waals surface area contributed by atoms with E-state index in [2.05, 4.69) is 10.0 Å². The van der Waals surface area contributed by atoms with Crippen molar-refractivity contribution in [2.75, 3.05) is 10.0 Å². The molecule has 0 saturated carbocycles. The van der Waals surface area contributed by atoms with E-state index in [9.17, 15) is 13.2 Å². The highest BCUT2D eigenvalue weighted by Crippen LogP contribution is 2.29. The number of sulfonamides is 1. The zero-order valence-corrected chi connectivity index (χ0v) is 17.1. The number of benzene rings is 3. The van der Waals surface area contributed by atoms with Crippen molar-refractivity contribution in [2.45, 2.75) is 11.8 Å². The van der Waals surface area contributed by atoms with Gasteiger partial charge in [0.15, 0.2) is 0 Å². The lowest BCUT2D eigenvalue weighted by Gasteiger charge is -2.13. The van der Waals surface area contributed by atoms with Gasteiger partial charge >= 0.3 is 0 Å². The molecular weight excluding hydrogens is 419 g/mol. The first kappa shape index (κ1) is 20.2. The second-order valence-electron chi connectivity index (χ2n) is 6.05. The molecular formula is C20H16Cl2N2O3S. The molecule has 0 atom stereocenters. The zero-order chi connectivity index (χ0) is 20.3. The molecule has 0 aliphatic heterocycles. The largest absolute Gasteiger partial charge is 0.322 e. The minimum Gasteiger partial charge on any atom is -0.322 e. The number of halogens is 2. The maximum atomic E-state index is 12.8. The number of amides is 1. The molecule has 0 radical (unpaired) electrons. The number of rotatable bonds is 5. The van der Waals surface area contributed by atoms with Crippen molar-refractivity contribution in [3.05, 3.63) is 87.9 Å². The standard InChI is InChI=1S/C20H16Cl2N2O3S/c1-13-6-8-14(9-7-13)20(25)23-15-10-11-17(22)19(12-15)28(26,27)24-18-5-3-2-4-16(18)21/h2-12,24H,1H3,(H,23,25). The van der Waals surface area contributed by atoms with Crippen LogP contribution in [0.2, 0.25) is 10.0 Å². The molecule has 0 saturated heterocycles. The van der Waals surface area contributed by atoms with Gasteiger partial charge in [-0.05, 0) is 49.4 Å². The van der Waals surface area contributed by atoms with E-state index in [0.29, 0.717) is 11.3 Å². The van der Waals surface area contributed by atoms with Gasteiger partial charge in [-0.2, -0.15) is 0 Å². The summed E-state index contributed by atoms with van der Waals surface area (Å²) in [6, 6.07) is 17.7. The molecule has 3 aromatic rings.